The molecule has 2 N–H and O–H groups in total. The highest BCUT2D eigenvalue weighted by atomic mass is 16.5. The second kappa shape index (κ2) is 5.19. The fraction of sp³-hybridized carbons (Fsp3) is 0.889. The number of hydrogen-bond acceptors (Lipinski definition) is 4. The molecule has 1 aliphatic rings. The lowest BCUT2D eigenvalue weighted by Crippen LogP contribution is -2.43. The van der Waals surface area contributed by atoms with Crippen molar-refractivity contribution in [2.24, 2.45) is 11.7 Å². The van der Waals surface area contributed by atoms with Crippen LogP contribution in [0.3, 0.4) is 0 Å². The van der Waals surface area contributed by atoms with Crippen LogP contribution >= 0.6 is 0 Å². The molecule has 0 radical (unpaired) electrons. The Morgan fingerprint density at radius 1 is 1.77 bits per heavy atom. The molecule has 0 aromatic rings. The zero-order valence-corrected chi connectivity index (χ0v) is 7.99. The largest absolute Gasteiger partial charge is 0.465 e. The summed E-state index contributed by atoms with van der Waals surface area (Å²) in [6, 6.07) is -0.514. The van der Waals surface area contributed by atoms with Gasteiger partial charge >= 0.3 is 5.97 Å². The molecule has 0 aliphatic carbocycles. The first-order valence-electron chi connectivity index (χ1n) is 4.75. The van der Waals surface area contributed by atoms with Crippen LogP contribution in [0.15, 0.2) is 0 Å². The quantitative estimate of drug-likeness (QED) is 0.646. The van der Waals surface area contributed by atoms with Crippen LogP contribution in [-0.2, 0) is 14.3 Å². The minimum atomic E-state index is -0.514. The van der Waals surface area contributed by atoms with Crippen molar-refractivity contribution >= 4 is 5.97 Å². The first-order chi connectivity index (χ1) is 6.25. The molecule has 0 amide bonds. The van der Waals surface area contributed by atoms with Crippen LogP contribution in [0.2, 0.25) is 0 Å². The van der Waals surface area contributed by atoms with Gasteiger partial charge in [-0.15, -0.1) is 0 Å². The summed E-state index contributed by atoms with van der Waals surface area (Å²) >= 11 is 0. The van der Waals surface area contributed by atoms with Gasteiger partial charge in [0.15, 0.2) is 0 Å². The van der Waals surface area contributed by atoms with Gasteiger partial charge < -0.3 is 15.2 Å². The molecule has 0 aromatic carbocycles. The number of nitrogens with two attached hydrogens (primary N) is 1. The van der Waals surface area contributed by atoms with Crippen LogP contribution in [0.25, 0.3) is 0 Å². The number of carbonyl (C=O) groups is 1. The number of esters is 1. The molecule has 4 heteroatoms. The van der Waals surface area contributed by atoms with Crippen molar-refractivity contribution in [3.8, 4) is 0 Å². The molecule has 1 saturated heterocycles. The third-order valence-electron chi connectivity index (χ3n) is 2.26. The summed E-state index contributed by atoms with van der Waals surface area (Å²) in [5.74, 6) is -0.175. The van der Waals surface area contributed by atoms with E-state index in [0.29, 0.717) is 13.2 Å². The summed E-state index contributed by atoms with van der Waals surface area (Å²) < 4.78 is 10.1. The Morgan fingerprint density at radius 2 is 2.54 bits per heavy atom. The zero-order valence-electron chi connectivity index (χ0n) is 7.99. The molecule has 0 unspecified atom stereocenters. The van der Waals surface area contributed by atoms with E-state index in [1.54, 1.807) is 6.92 Å². The molecule has 1 rings (SSSR count). The minimum absolute atomic E-state index is 0.132. The fourth-order valence-electron chi connectivity index (χ4n) is 1.48. The van der Waals surface area contributed by atoms with E-state index in [0.717, 1.165) is 19.4 Å². The first-order valence-corrected chi connectivity index (χ1v) is 4.75. The van der Waals surface area contributed by atoms with Gasteiger partial charge in [-0.2, -0.15) is 0 Å². The van der Waals surface area contributed by atoms with Crippen molar-refractivity contribution in [3.05, 3.63) is 0 Å². The highest BCUT2D eigenvalue weighted by Crippen LogP contribution is 2.16. The van der Waals surface area contributed by atoms with E-state index in [4.69, 9.17) is 15.2 Å². The maximum Gasteiger partial charge on any atom is 0.323 e. The van der Waals surface area contributed by atoms with E-state index in [9.17, 15) is 4.79 Å². The van der Waals surface area contributed by atoms with E-state index in [1.165, 1.54) is 0 Å². The molecular formula is C9H17NO3. The molecule has 0 bridgehead atoms. The summed E-state index contributed by atoms with van der Waals surface area (Å²) in [6.45, 7) is 3.54. The molecule has 1 fully saturated rings. The van der Waals surface area contributed by atoms with Gasteiger partial charge in [0, 0.05) is 12.5 Å². The summed E-state index contributed by atoms with van der Waals surface area (Å²) in [5, 5.41) is 0. The van der Waals surface area contributed by atoms with Gasteiger partial charge in [-0.1, -0.05) is 0 Å². The second-order valence-electron chi connectivity index (χ2n) is 3.26. The molecule has 0 saturated carbocycles. The van der Waals surface area contributed by atoms with Crippen molar-refractivity contribution in [1.29, 1.82) is 0 Å². The first kappa shape index (κ1) is 10.5. The topological polar surface area (TPSA) is 61.5 Å². The SMILES string of the molecule is CCOC(=O)[C@@H](N)[C@H]1CCCOC1. The van der Waals surface area contributed by atoms with Crippen molar-refractivity contribution in [2.45, 2.75) is 25.8 Å². The Morgan fingerprint density at radius 3 is 3.08 bits per heavy atom. The molecule has 1 aliphatic heterocycles. The molecule has 0 aromatic heterocycles. The zero-order chi connectivity index (χ0) is 9.68. The normalized spacial score (nSPS) is 25.2. The van der Waals surface area contributed by atoms with E-state index < -0.39 is 6.04 Å². The third kappa shape index (κ3) is 2.97. The van der Waals surface area contributed by atoms with Crippen LogP contribution in [0.1, 0.15) is 19.8 Å². The Labute approximate surface area is 78.4 Å². The van der Waals surface area contributed by atoms with Crippen LogP contribution in [0.4, 0.5) is 0 Å². The molecule has 76 valence electrons. The molecular weight excluding hydrogens is 170 g/mol. The van der Waals surface area contributed by atoms with Gasteiger partial charge in [0.05, 0.1) is 13.2 Å². The van der Waals surface area contributed by atoms with Crippen LogP contribution in [0.5, 0.6) is 0 Å². The Balaban J connectivity index is 2.35. The average Bonchev–Trinajstić information content (AvgIpc) is 2.18. The Kier molecular flexibility index (Phi) is 4.18. The lowest BCUT2D eigenvalue weighted by Gasteiger charge is -2.25. The summed E-state index contributed by atoms with van der Waals surface area (Å²) in [4.78, 5) is 11.2. The number of carbonyl (C=O) groups excluding carboxylic acids is 1. The van der Waals surface area contributed by atoms with E-state index in [2.05, 4.69) is 0 Å². The van der Waals surface area contributed by atoms with Gasteiger partial charge in [0.25, 0.3) is 0 Å². The number of rotatable bonds is 3. The maximum absolute atomic E-state index is 11.2. The average molecular weight is 187 g/mol. The van der Waals surface area contributed by atoms with E-state index in [1.807, 2.05) is 0 Å². The highest BCUT2D eigenvalue weighted by Gasteiger charge is 2.27. The van der Waals surface area contributed by atoms with Gasteiger partial charge in [-0.25, -0.2) is 0 Å². The predicted octanol–water partition coefficient (Wildman–Crippen LogP) is 0.303. The molecule has 1 heterocycles. The van der Waals surface area contributed by atoms with Crippen molar-refractivity contribution in [1.82, 2.24) is 0 Å². The van der Waals surface area contributed by atoms with Crippen molar-refractivity contribution in [3.63, 3.8) is 0 Å². The van der Waals surface area contributed by atoms with Crippen molar-refractivity contribution in [2.75, 3.05) is 19.8 Å². The van der Waals surface area contributed by atoms with Crippen molar-refractivity contribution < 1.29 is 14.3 Å². The van der Waals surface area contributed by atoms with Gasteiger partial charge in [0.2, 0.25) is 0 Å². The smallest absolute Gasteiger partial charge is 0.323 e. The van der Waals surface area contributed by atoms with Gasteiger partial charge in [-0.05, 0) is 19.8 Å². The van der Waals surface area contributed by atoms with Gasteiger partial charge in [-0.3, -0.25) is 4.79 Å². The molecule has 2 atom stereocenters. The number of hydrogen-bond donors (Lipinski definition) is 1. The molecule has 4 nitrogen and oxygen atoms in total. The summed E-state index contributed by atoms with van der Waals surface area (Å²) in [7, 11) is 0. The monoisotopic (exact) mass is 187 g/mol. The Hall–Kier alpha value is -0.610. The minimum Gasteiger partial charge on any atom is -0.465 e. The summed E-state index contributed by atoms with van der Waals surface area (Å²) in [5.41, 5.74) is 5.72. The Bertz CT molecular complexity index is 166. The summed E-state index contributed by atoms with van der Waals surface area (Å²) in [6.07, 6.45) is 1.94. The third-order valence-corrected chi connectivity index (χ3v) is 2.26. The van der Waals surface area contributed by atoms with Crippen LogP contribution in [-0.4, -0.2) is 31.8 Å². The standard InChI is InChI=1S/C9H17NO3/c1-2-13-9(11)8(10)7-4-3-5-12-6-7/h7-8H,2-6,10H2,1H3/t7-,8-/m0/s1. The number of ether oxygens (including phenoxy) is 2. The van der Waals surface area contributed by atoms with Crippen LogP contribution < -0.4 is 5.73 Å². The van der Waals surface area contributed by atoms with Gasteiger partial charge in [0.1, 0.15) is 6.04 Å². The lowest BCUT2D eigenvalue weighted by atomic mass is 9.94. The predicted molar refractivity (Wildman–Crippen MR) is 48.2 cm³/mol. The van der Waals surface area contributed by atoms with Crippen LogP contribution in [0, 0.1) is 5.92 Å². The molecule has 13 heavy (non-hydrogen) atoms. The highest BCUT2D eigenvalue weighted by molar-refractivity contribution is 5.75. The van der Waals surface area contributed by atoms with E-state index in [-0.39, 0.29) is 11.9 Å². The molecule has 0 spiro atoms. The van der Waals surface area contributed by atoms with E-state index >= 15 is 0 Å². The lowest BCUT2D eigenvalue weighted by molar-refractivity contribution is -0.147. The second-order valence-corrected chi connectivity index (χ2v) is 3.26. The maximum atomic E-state index is 11.2. The fourth-order valence-corrected chi connectivity index (χ4v) is 1.48.